The van der Waals surface area contributed by atoms with Crippen molar-refractivity contribution < 1.29 is 4.79 Å². The number of halogens is 2. The van der Waals surface area contributed by atoms with Crippen molar-refractivity contribution in [1.29, 1.82) is 0 Å². The van der Waals surface area contributed by atoms with Crippen LogP contribution in [0.5, 0.6) is 0 Å². The molecule has 0 radical (unpaired) electrons. The Morgan fingerprint density at radius 3 is 2.00 bits per heavy atom. The normalized spacial score (nSPS) is 8.44. The smallest absolute Gasteiger partial charge is 0.197 e. The molecule has 54 valence electrons. The van der Waals surface area contributed by atoms with Crippen LogP contribution in [0, 0.1) is 0 Å². The van der Waals surface area contributed by atoms with Gasteiger partial charge in [0.15, 0.2) is 5.52 Å². The van der Waals surface area contributed by atoms with Crippen molar-refractivity contribution in [1.82, 2.24) is 0 Å². The Balaban J connectivity index is 0. The fourth-order valence-electron chi connectivity index (χ4n) is 0.141. The molecule has 0 bridgehead atoms. The fourth-order valence-corrected chi connectivity index (χ4v) is 0.422. The molecular formula is C4H8Cl2NOP. The molecule has 0 fully saturated rings. The third-order valence-corrected chi connectivity index (χ3v) is 0.722. The van der Waals surface area contributed by atoms with Crippen LogP contribution >= 0.6 is 31.6 Å². The summed E-state index contributed by atoms with van der Waals surface area (Å²) < 4.78 is 3.56. The molecular weight excluding hydrogens is 180 g/mol. The predicted molar refractivity (Wildman–Crippen MR) is 42.5 cm³/mol. The third-order valence-electron chi connectivity index (χ3n) is 0.241. The van der Waals surface area contributed by atoms with Crippen LogP contribution in [0.2, 0.25) is 0 Å². The van der Waals surface area contributed by atoms with Crippen molar-refractivity contribution in [3.63, 3.8) is 0 Å². The van der Waals surface area contributed by atoms with E-state index >= 15 is 0 Å². The molecule has 0 heterocycles. The van der Waals surface area contributed by atoms with Gasteiger partial charge in [0.25, 0.3) is 0 Å². The van der Waals surface area contributed by atoms with Crippen LogP contribution in [0.25, 0.3) is 0 Å². The van der Waals surface area contributed by atoms with Gasteiger partial charge in [0.1, 0.15) is 0 Å². The van der Waals surface area contributed by atoms with E-state index in [2.05, 4.69) is 4.74 Å². The molecule has 0 aliphatic carbocycles. The topological polar surface area (TPSA) is 29.4 Å². The van der Waals surface area contributed by atoms with Crippen molar-refractivity contribution in [3.05, 3.63) is 0 Å². The Labute approximate surface area is 66.4 Å². The van der Waals surface area contributed by atoms with E-state index in [0.29, 0.717) is 8.37 Å². The summed E-state index contributed by atoms with van der Waals surface area (Å²) in [4.78, 5) is 9.94. The number of nitrogens with zero attached hydrogens (tertiary/aromatic N) is 1. The van der Waals surface area contributed by atoms with Gasteiger partial charge in [-0.3, -0.25) is 9.54 Å². The summed E-state index contributed by atoms with van der Waals surface area (Å²) in [6.45, 7) is 1.51. The van der Waals surface area contributed by atoms with Gasteiger partial charge in [-0.05, 0) is 0 Å². The van der Waals surface area contributed by atoms with Gasteiger partial charge in [-0.15, -0.1) is 23.2 Å². The maximum absolute atomic E-state index is 9.94. The minimum absolute atomic E-state index is 0.0949. The number of rotatable bonds is 1. The lowest BCUT2D eigenvalue weighted by atomic mass is 10.9. The molecule has 0 aromatic rings. The van der Waals surface area contributed by atoms with Gasteiger partial charge in [0.2, 0.25) is 0 Å². The zero-order valence-corrected chi connectivity index (χ0v) is 7.67. The molecule has 9 heavy (non-hydrogen) atoms. The summed E-state index contributed by atoms with van der Waals surface area (Å²) in [5.74, 6) is 0. The van der Waals surface area contributed by atoms with Gasteiger partial charge >= 0.3 is 0 Å². The molecule has 2 nitrogen and oxygen atoms in total. The molecule has 0 aromatic heterocycles. The summed E-state index contributed by atoms with van der Waals surface area (Å²) >= 11 is 9.53. The van der Waals surface area contributed by atoms with Crippen LogP contribution in [0.4, 0.5) is 0 Å². The Kier molecular flexibility index (Phi) is 15.0. The van der Waals surface area contributed by atoms with Crippen LogP contribution in [0.1, 0.15) is 6.92 Å². The molecule has 0 atom stereocenters. The largest absolute Gasteiger partial charge is 0.288 e. The highest BCUT2D eigenvalue weighted by atomic mass is 35.5. The second-order valence-electron chi connectivity index (χ2n) is 0.920. The van der Waals surface area contributed by atoms with Crippen LogP contribution < -0.4 is 0 Å². The van der Waals surface area contributed by atoms with Crippen LogP contribution in [0.15, 0.2) is 4.74 Å². The molecule has 5 heteroatoms. The molecule has 0 rings (SSSR count). The highest BCUT2D eigenvalue weighted by molar-refractivity contribution is 7.48. The summed E-state index contributed by atoms with van der Waals surface area (Å²) in [6.07, 6.45) is 0. The SMILES string of the molecule is CN=PC(C)=O.ClCCl. The number of hydrogen-bond donors (Lipinski definition) is 0. The standard InChI is InChI=1S/C3H6NOP.CH2Cl2/c1-3(5)6-4-2;2-1-3/h1-2H3;1H2. The highest BCUT2D eigenvalue weighted by Crippen LogP contribution is 1.95. The molecule has 0 aliphatic heterocycles. The summed E-state index contributed by atoms with van der Waals surface area (Å²) in [5.41, 5.74) is 0.0949. The van der Waals surface area contributed by atoms with Crippen molar-refractivity contribution in [2.24, 2.45) is 4.74 Å². The first kappa shape index (κ1) is 12.1. The van der Waals surface area contributed by atoms with Gasteiger partial charge in [0, 0.05) is 14.0 Å². The first-order valence-electron chi connectivity index (χ1n) is 2.11. The molecule has 0 aromatic carbocycles. The number of alkyl halides is 2. The molecule has 0 spiro atoms. The van der Waals surface area contributed by atoms with E-state index in [1.807, 2.05) is 0 Å². The lowest BCUT2D eigenvalue weighted by Crippen LogP contribution is -1.65. The molecule has 0 saturated carbocycles. The molecule has 0 amide bonds. The lowest BCUT2D eigenvalue weighted by Gasteiger charge is -1.66. The quantitative estimate of drug-likeness (QED) is 0.459. The van der Waals surface area contributed by atoms with Crippen molar-refractivity contribution in [2.45, 2.75) is 6.92 Å². The highest BCUT2D eigenvalue weighted by Gasteiger charge is 1.76. The van der Waals surface area contributed by atoms with Crippen molar-refractivity contribution in [3.8, 4) is 0 Å². The van der Waals surface area contributed by atoms with Crippen molar-refractivity contribution in [2.75, 3.05) is 12.4 Å². The fraction of sp³-hybridized carbons (Fsp3) is 0.750. The Bertz CT molecular complexity index is 96.6. The Morgan fingerprint density at radius 1 is 1.67 bits per heavy atom. The van der Waals surface area contributed by atoms with Crippen molar-refractivity contribution >= 4 is 37.1 Å². The second-order valence-corrected chi connectivity index (χ2v) is 2.96. The molecule has 0 N–H and O–H groups in total. The van der Waals surface area contributed by atoms with E-state index in [1.165, 1.54) is 6.92 Å². The first-order valence-corrected chi connectivity index (χ1v) is 4.03. The van der Waals surface area contributed by atoms with Crippen LogP contribution in [0.3, 0.4) is 0 Å². The average Bonchev–Trinajstić information content (AvgIpc) is 1.67. The van der Waals surface area contributed by atoms with Gasteiger partial charge in [0.05, 0.1) is 13.7 Å². The average molecular weight is 188 g/mol. The van der Waals surface area contributed by atoms with E-state index in [0.717, 1.165) is 0 Å². The number of hydrogen-bond acceptors (Lipinski definition) is 2. The predicted octanol–water partition coefficient (Wildman–Crippen LogP) is 2.71. The van der Waals surface area contributed by atoms with Gasteiger partial charge in [-0.25, -0.2) is 0 Å². The van der Waals surface area contributed by atoms with Gasteiger partial charge < -0.3 is 0 Å². The molecule has 0 aliphatic rings. The summed E-state index contributed by atoms with van der Waals surface area (Å²) in [6, 6.07) is 0. The van der Waals surface area contributed by atoms with E-state index in [-0.39, 0.29) is 10.9 Å². The Hall–Kier alpha value is 0.350. The van der Waals surface area contributed by atoms with E-state index < -0.39 is 0 Å². The zero-order valence-electron chi connectivity index (χ0n) is 5.27. The van der Waals surface area contributed by atoms with Crippen LogP contribution in [-0.2, 0) is 4.79 Å². The third kappa shape index (κ3) is 30.0. The van der Waals surface area contributed by atoms with E-state index in [9.17, 15) is 4.79 Å². The zero-order chi connectivity index (χ0) is 7.70. The maximum atomic E-state index is 9.94. The number of carbonyl (C=O) groups excluding carboxylic acids is 1. The second kappa shape index (κ2) is 11.2. The summed E-state index contributed by atoms with van der Waals surface area (Å²) in [5, 5.41) is 0.194. The van der Waals surface area contributed by atoms with Gasteiger partial charge in [-0.2, -0.15) is 0 Å². The maximum Gasteiger partial charge on any atom is 0.197 e. The minimum atomic E-state index is 0.0949. The van der Waals surface area contributed by atoms with E-state index in [1.54, 1.807) is 7.05 Å². The van der Waals surface area contributed by atoms with Crippen LogP contribution in [-0.4, -0.2) is 17.9 Å². The minimum Gasteiger partial charge on any atom is -0.288 e. The number of carbonyl (C=O) groups is 1. The molecule has 0 unspecified atom stereocenters. The van der Waals surface area contributed by atoms with Gasteiger partial charge in [-0.1, -0.05) is 0 Å². The molecule has 0 saturated heterocycles. The first-order chi connectivity index (χ1) is 4.18. The monoisotopic (exact) mass is 187 g/mol. The van der Waals surface area contributed by atoms with E-state index in [4.69, 9.17) is 23.2 Å². The summed E-state index contributed by atoms with van der Waals surface area (Å²) in [7, 11) is 2.18. The Morgan fingerprint density at radius 2 is 2.00 bits per heavy atom. The lowest BCUT2D eigenvalue weighted by molar-refractivity contribution is -0.109.